The Balaban J connectivity index is 1.45. The lowest BCUT2D eigenvalue weighted by atomic mass is 9.97. The first-order chi connectivity index (χ1) is 14.6. The van der Waals surface area contributed by atoms with E-state index in [2.05, 4.69) is 47.7 Å². The van der Waals surface area contributed by atoms with Crippen LogP contribution in [0.5, 0.6) is 5.75 Å². The number of nitrogens with one attached hydrogen (secondary N) is 2. The van der Waals surface area contributed by atoms with Crippen molar-refractivity contribution in [3.8, 4) is 5.75 Å². The van der Waals surface area contributed by atoms with Gasteiger partial charge in [-0.15, -0.1) is 0 Å². The van der Waals surface area contributed by atoms with E-state index in [1.807, 2.05) is 18.2 Å². The lowest BCUT2D eigenvalue weighted by Gasteiger charge is -2.20. The number of rotatable bonds is 5. The smallest absolute Gasteiger partial charge is 0.255 e. The van der Waals surface area contributed by atoms with Gasteiger partial charge in [0.05, 0.1) is 6.61 Å². The fraction of sp³-hybridized carbons (Fsp3) is 0.280. The molecule has 0 saturated carbocycles. The largest absolute Gasteiger partial charge is 0.493 e. The maximum absolute atomic E-state index is 12.4. The molecule has 0 aliphatic carbocycles. The summed E-state index contributed by atoms with van der Waals surface area (Å²) in [4.78, 5) is 16.4. The van der Waals surface area contributed by atoms with Crippen molar-refractivity contribution in [1.82, 2.24) is 10.3 Å². The molecule has 0 bridgehead atoms. The fourth-order valence-corrected chi connectivity index (χ4v) is 3.81. The first-order valence-corrected chi connectivity index (χ1v) is 10.4. The number of amides is 1. The maximum atomic E-state index is 12.4. The van der Waals surface area contributed by atoms with Crippen LogP contribution in [0.1, 0.15) is 51.5 Å². The van der Waals surface area contributed by atoms with Crippen molar-refractivity contribution in [3.63, 3.8) is 0 Å². The molecule has 5 heteroatoms. The number of ether oxygens (including phenoxy) is 1. The highest BCUT2D eigenvalue weighted by atomic mass is 16.5. The second-order valence-electron chi connectivity index (χ2n) is 7.74. The predicted molar refractivity (Wildman–Crippen MR) is 119 cm³/mol. The molecule has 4 rings (SSSR count). The van der Waals surface area contributed by atoms with E-state index in [1.165, 1.54) is 16.7 Å². The van der Waals surface area contributed by atoms with E-state index in [9.17, 15) is 4.79 Å². The highest BCUT2D eigenvalue weighted by Gasteiger charge is 2.21. The van der Waals surface area contributed by atoms with Crippen molar-refractivity contribution in [3.05, 3.63) is 88.7 Å². The highest BCUT2D eigenvalue weighted by Crippen LogP contribution is 2.35. The topological polar surface area (TPSA) is 63.2 Å². The van der Waals surface area contributed by atoms with Gasteiger partial charge in [0, 0.05) is 41.8 Å². The lowest BCUT2D eigenvalue weighted by molar-refractivity contribution is 0.102. The summed E-state index contributed by atoms with van der Waals surface area (Å²) in [5.41, 5.74) is 6.21. The summed E-state index contributed by atoms with van der Waals surface area (Å²) in [6.45, 7) is 5.73. The molecular weight excluding hydrogens is 374 g/mol. The molecule has 1 aromatic heterocycles. The Morgan fingerprint density at radius 3 is 2.80 bits per heavy atom. The van der Waals surface area contributed by atoms with Gasteiger partial charge in [0.15, 0.2) is 0 Å². The van der Waals surface area contributed by atoms with Crippen LogP contribution in [0.2, 0.25) is 0 Å². The van der Waals surface area contributed by atoms with Crippen LogP contribution in [0.4, 0.5) is 5.69 Å². The van der Waals surface area contributed by atoms with E-state index in [0.717, 1.165) is 43.0 Å². The number of aryl methyl sites for hydroxylation is 1. The minimum atomic E-state index is -0.136. The van der Waals surface area contributed by atoms with Gasteiger partial charge in [0.2, 0.25) is 0 Å². The first-order valence-electron chi connectivity index (χ1n) is 10.4. The average molecular weight is 402 g/mol. The molecule has 0 fully saturated rings. The molecule has 1 atom stereocenters. The molecule has 2 N–H and O–H groups in total. The second kappa shape index (κ2) is 9.09. The van der Waals surface area contributed by atoms with Crippen molar-refractivity contribution >= 4 is 11.6 Å². The van der Waals surface area contributed by atoms with Crippen LogP contribution < -0.4 is 15.4 Å². The summed E-state index contributed by atoms with van der Waals surface area (Å²) < 4.78 is 6.06. The summed E-state index contributed by atoms with van der Waals surface area (Å²) in [5, 5.41) is 6.65. The van der Waals surface area contributed by atoms with Crippen LogP contribution in [0, 0.1) is 13.8 Å². The Morgan fingerprint density at radius 1 is 1.13 bits per heavy atom. The number of anilines is 1. The van der Waals surface area contributed by atoms with Crippen molar-refractivity contribution in [2.24, 2.45) is 0 Å². The zero-order chi connectivity index (χ0) is 20.9. The third-order valence-electron chi connectivity index (χ3n) is 5.65. The highest BCUT2D eigenvalue weighted by molar-refractivity contribution is 6.04. The Bertz CT molecular complexity index is 1030. The lowest BCUT2D eigenvalue weighted by Crippen LogP contribution is -2.21. The number of hydrogen-bond acceptors (Lipinski definition) is 4. The van der Waals surface area contributed by atoms with Gasteiger partial charge in [0.25, 0.3) is 5.91 Å². The maximum Gasteiger partial charge on any atom is 0.255 e. The Kier molecular flexibility index (Phi) is 6.10. The van der Waals surface area contributed by atoms with E-state index in [0.29, 0.717) is 5.56 Å². The minimum Gasteiger partial charge on any atom is -0.493 e. The molecule has 0 saturated heterocycles. The van der Waals surface area contributed by atoms with Crippen LogP contribution in [0.3, 0.4) is 0 Å². The molecule has 1 unspecified atom stereocenters. The van der Waals surface area contributed by atoms with E-state index >= 15 is 0 Å². The van der Waals surface area contributed by atoms with Gasteiger partial charge in [0.1, 0.15) is 5.75 Å². The number of benzene rings is 2. The zero-order valence-electron chi connectivity index (χ0n) is 17.4. The van der Waals surface area contributed by atoms with Gasteiger partial charge < -0.3 is 15.4 Å². The SMILES string of the molecule is Cc1ccc2c(c1C)OCCCC2NCc1cccc(NC(=O)c2ccncc2)c1. The van der Waals surface area contributed by atoms with Crippen LogP contribution in [-0.2, 0) is 6.54 Å². The van der Waals surface area contributed by atoms with Gasteiger partial charge in [-0.1, -0.05) is 24.3 Å². The van der Waals surface area contributed by atoms with Crippen molar-refractivity contribution < 1.29 is 9.53 Å². The van der Waals surface area contributed by atoms with Crippen LogP contribution in [0.15, 0.2) is 60.9 Å². The third-order valence-corrected chi connectivity index (χ3v) is 5.65. The van der Waals surface area contributed by atoms with Gasteiger partial charge in [-0.25, -0.2) is 0 Å². The molecule has 3 aromatic rings. The quantitative estimate of drug-likeness (QED) is 0.635. The van der Waals surface area contributed by atoms with E-state index in [-0.39, 0.29) is 11.9 Å². The minimum absolute atomic E-state index is 0.136. The number of carbonyl (C=O) groups excluding carboxylic acids is 1. The summed E-state index contributed by atoms with van der Waals surface area (Å²) in [6, 6.07) is 16.0. The van der Waals surface area contributed by atoms with Crippen LogP contribution >= 0.6 is 0 Å². The monoisotopic (exact) mass is 401 g/mol. The molecule has 0 spiro atoms. The predicted octanol–water partition coefficient (Wildman–Crippen LogP) is 4.95. The number of nitrogens with zero attached hydrogens (tertiary/aromatic N) is 1. The molecular formula is C25H27N3O2. The summed E-state index contributed by atoms with van der Waals surface area (Å²) in [6.07, 6.45) is 5.29. The Labute approximate surface area is 177 Å². The third kappa shape index (κ3) is 4.52. The van der Waals surface area contributed by atoms with Gasteiger partial charge in [-0.05, 0) is 67.6 Å². The molecule has 2 aromatic carbocycles. The number of hydrogen-bond donors (Lipinski definition) is 2. The number of pyridine rings is 1. The first kappa shape index (κ1) is 20.1. The van der Waals surface area contributed by atoms with Gasteiger partial charge in [-0.2, -0.15) is 0 Å². The average Bonchev–Trinajstić information content (AvgIpc) is 2.98. The normalized spacial score (nSPS) is 15.6. The number of fused-ring (bicyclic) bond motifs is 1. The molecule has 30 heavy (non-hydrogen) atoms. The van der Waals surface area contributed by atoms with Crippen LogP contribution in [0.25, 0.3) is 0 Å². The molecule has 1 aliphatic heterocycles. The number of carbonyl (C=O) groups is 1. The van der Waals surface area contributed by atoms with Crippen molar-refractivity contribution in [2.45, 2.75) is 39.3 Å². The Hall–Kier alpha value is -3.18. The van der Waals surface area contributed by atoms with Gasteiger partial charge >= 0.3 is 0 Å². The van der Waals surface area contributed by atoms with Crippen molar-refractivity contribution in [1.29, 1.82) is 0 Å². The van der Waals surface area contributed by atoms with Crippen LogP contribution in [-0.4, -0.2) is 17.5 Å². The molecule has 0 radical (unpaired) electrons. The molecule has 2 heterocycles. The number of aromatic nitrogens is 1. The summed E-state index contributed by atoms with van der Waals surface area (Å²) in [5.74, 6) is 0.895. The molecule has 5 nitrogen and oxygen atoms in total. The van der Waals surface area contributed by atoms with Gasteiger partial charge in [-0.3, -0.25) is 9.78 Å². The Morgan fingerprint density at radius 2 is 1.97 bits per heavy atom. The molecule has 154 valence electrons. The molecule has 1 amide bonds. The standard InChI is InChI=1S/C25H27N3O2/c1-17-8-9-22-23(7-4-14-30-24(22)18(17)2)27-16-19-5-3-6-21(15-19)28-25(29)20-10-12-26-13-11-20/h3,5-6,8-13,15,23,27H,4,7,14,16H2,1-2H3,(H,28,29). The second-order valence-corrected chi connectivity index (χ2v) is 7.74. The summed E-state index contributed by atoms with van der Waals surface area (Å²) >= 11 is 0. The fourth-order valence-electron chi connectivity index (χ4n) is 3.81. The van der Waals surface area contributed by atoms with Crippen molar-refractivity contribution in [2.75, 3.05) is 11.9 Å². The molecule has 1 aliphatic rings. The van der Waals surface area contributed by atoms with E-state index < -0.39 is 0 Å². The van der Waals surface area contributed by atoms with E-state index in [1.54, 1.807) is 24.5 Å². The summed E-state index contributed by atoms with van der Waals surface area (Å²) in [7, 11) is 0. The zero-order valence-corrected chi connectivity index (χ0v) is 17.4. The van der Waals surface area contributed by atoms with E-state index in [4.69, 9.17) is 4.74 Å².